The van der Waals surface area contributed by atoms with Crippen LogP contribution in [0.4, 0.5) is 17.3 Å². The van der Waals surface area contributed by atoms with Crippen LogP contribution in [0.15, 0.2) is 48.8 Å². The van der Waals surface area contributed by atoms with E-state index in [9.17, 15) is 0 Å². The van der Waals surface area contributed by atoms with Gasteiger partial charge in [-0.25, -0.2) is 19.9 Å². The normalized spacial score (nSPS) is 14.2. The molecule has 3 aromatic rings. The van der Waals surface area contributed by atoms with Crippen LogP contribution in [0.1, 0.15) is 11.4 Å². The summed E-state index contributed by atoms with van der Waals surface area (Å²) in [5.41, 5.74) is 2.47. The van der Waals surface area contributed by atoms with Crippen LogP contribution in [0.5, 0.6) is 0 Å². The number of hydrogen-bond acceptors (Lipinski definition) is 7. The number of nitrogens with zero attached hydrogens (tertiary/aromatic N) is 5. The highest BCUT2D eigenvalue weighted by Crippen LogP contribution is 2.18. The monoisotopic (exact) mass is 473 g/mol. The lowest BCUT2D eigenvalue weighted by atomic mass is 10.1. The topological polar surface area (TPSA) is 78.9 Å². The number of nitrogens with one attached hydrogen (secondary N) is 2. The minimum Gasteiger partial charge on any atom is -0.369 e. The Morgan fingerprint density at radius 1 is 0.926 bits per heavy atom. The van der Waals surface area contributed by atoms with Crippen LogP contribution in [0, 0.1) is 3.83 Å². The van der Waals surface area contributed by atoms with Gasteiger partial charge < -0.3 is 15.5 Å². The van der Waals surface area contributed by atoms with Gasteiger partial charge in [0, 0.05) is 73.3 Å². The Balaban J connectivity index is 1.43. The fourth-order valence-corrected chi connectivity index (χ4v) is 3.44. The van der Waals surface area contributed by atoms with Gasteiger partial charge in [0.2, 0.25) is 0 Å². The maximum atomic E-state index is 4.60. The first-order chi connectivity index (χ1) is 13.3. The van der Waals surface area contributed by atoms with E-state index in [2.05, 4.69) is 82.3 Å². The Kier molecular flexibility index (Phi) is 5.73. The smallest absolute Gasteiger partial charge is 0.192 e. The SMILES string of the molecule is Ic1nccc(Nc2ccnc(Cc3ccc(N4CCNCC4)cc3)n2)n1. The van der Waals surface area contributed by atoms with E-state index in [1.54, 1.807) is 12.4 Å². The summed E-state index contributed by atoms with van der Waals surface area (Å²) in [4.78, 5) is 19.8. The molecule has 0 amide bonds. The number of piperazine rings is 1. The van der Waals surface area contributed by atoms with Gasteiger partial charge in [-0.05, 0) is 29.8 Å². The fraction of sp³-hybridized carbons (Fsp3) is 0.263. The molecule has 1 aliphatic rings. The summed E-state index contributed by atoms with van der Waals surface area (Å²) in [5.74, 6) is 2.23. The van der Waals surface area contributed by atoms with Crippen molar-refractivity contribution in [1.82, 2.24) is 25.3 Å². The zero-order valence-corrected chi connectivity index (χ0v) is 16.9. The first-order valence-corrected chi connectivity index (χ1v) is 9.96. The lowest BCUT2D eigenvalue weighted by Gasteiger charge is -2.29. The summed E-state index contributed by atoms with van der Waals surface area (Å²) in [7, 11) is 0. The Labute approximate surface area is 171 Å². The Morgan fingerprint density at radius 3 is 2.37 bits per heavy atom. The van der Waals surface area contributed by atoms with Gasteiger partial charge >= 0.3 is 0 Å². The van der Waals surface area contributed by atoms with Gasteiger partial charge in [0.15, 0.2) is 3.83 Å². The van der Waals surface area contributed by atoms with E-state index in [4.69, 9.17) is 0 Å². The summed E-state index contributed by atoms with van der Waals surface area (Å²) in [6.07, 6.45) is 4.18. The van der Waals surface area contributed by atoms with Crippen molar-refractivity contribution in [3.8, 4) is 0 Å². The molecule has 7 nitrogen and oxygen atoms in total. The summed E-state index contributed by atoms with van der Waals surface area (Å²) in [6, 6.07) is 12.4. The molecule has 4 rings (SSSR count). The summed E-state index contributed by atoms with van der Waals surface area (Å²) >= 11 is 2.09. The molecule has 0 aliphatic carbocycles. The van der Waals surface area contributed by atoms with Crippen molar-refractivity contribution in [3.05, 3.63) is 64.0 Å². The van der Waals surface area contributed by atoms with Gasteiger partial charge in [-0.1, -0.05) is 12.1 Å². The highest BCUT2D eigenvalue weighted by atomic mass is 127. The van der Waals surface area contributed by atoms with E-state index in [-0.39, 0.29) is 0 Å². The number of halogens is 1. The fourth-order valence-electron chi connectivity index (χ4n) is 3.02. The molecule has 0 spiro atoms. The molecule has 1 saturated heterocycles. The van der Waals surface area contributed by atoms with Crippen LogP contribution in [-0.4, -0.2) is 46.1 Å². The highest BCUT2D eigenvalue weighted by molar-refractivity contribution is 14.1. The predicted octanol–water partition coefficient (Wildman–Crippen LogP) is 2.62. The van der Waals surface area contributed by atoms with Crippen molar-refractivity contribution < 1.29 is 0 Å². The molecular weight excluding hydrogens is 453 g/mol. The number of aromatic nitrogens is 4. The summed E-state index contributed by atoms with van der Waals surface area (Å²) in [5, 5.41) is 6.59. The minimum atomic E-state index is 0.691. The maximum absolute atomic E-state index is 4.60. The van der Waals surface area contributed by atoms with E-state index in [1.165, 1.54) is 11.3 Å². The van der Waals surface area contributed by atoms with Crippen molar-refractivity contribution in [1.29, 1.82) is 0 Å². The van der Waals surface area contributed by atoms with E-state index in [0.29, 0.717) is 10.3 Å². The van der Waals surface area contributed by atoms with Crippen molar-refractivity contribution in [3.63, 3.8) is 0 Å². The molecule has 1 fully saturated rings. The van der Waals surface area contributed by atoms with Crippen molar-refractivity contribution in [2.75, 3.05) is 36.4 Å². The zero-order chi connectivity index (χ0) is 18.5. The number of hydrogen-bond donors (Lipinski definition) is 2. The molecule has 1 aliphatic heterocycles. The van der Waals surface area contributed by atoms with Crippen molar-refractivity contribution in [2.24, 2.45) is 0 Å². The zero-order valence-electron chi connectivity index (χ0n) is 14.8. The second-order valence-corrected chi connectivity index (χ2v) is 7.24. The largest absolute Gasteiger partial charge is 0.369 e. The molecule has 0 bridgehead atoms. The quantitative estimate of drug-likeness (QED) is 0.436. The second kappa shape index (κ2) is 8.57. The maximum Gasteiger partial charge on any atom is 0.192 e. The molecule has 0 unspecified atom stereocenters. The van der Waals surface area contributed by atoms with E-state index >= 15 is 0 Å². The lowest BCUT2D eigenvalue weighted by Crippen LogP contribution is -2.43. The predicted molar refractivity (Wildman–Crippen MR) is 114 cm³/mol. The van der Waals surface area contributed by atoms with E-state index < -0.39 is 0 Å². The first kappa shape index (κ1) is 18.1. The number of rotatable bonds is 5. The molecule has 8 heteroatoms. The standard InChI is InChI=1S/C19H20IN7/c20-19-23-8-6-17(26-19)24-16-5-7-22-18(25-16)13-14-1-3-15(4-2-14)27-11-9-21-10-12-27/h1-8,21H,9-13H2,(H,22,23,24,25,26). The molecule has 2 N–H and O–H groups in total. The van der Waals surface area contributed by atoms with Crippen LogP contribution < -0.4 is 15.5 Å². The Morgan fingerprint density at radius 2 is 1.63 bits per heavy atom. The van der Waals surface area contributed by atoms with Crippen molar-refractivity contribution in [2.45, 2.75) is 6.42 Å². The first-order valence-electron chi connectivity index (χ1n) is 8.88. The third-order valence-electron chi connectivity index (χ3n) is 4.37. The van der Waals surface area contributed by atoms with Gasteiger partial charge in [0.05, 0.1) is 0 Å². The third kappa shape index (κ3) is 4.89. The van der Waals surface area contributed by atoms with Crippen LogP contribution in [-0.2, 0) is 6.42 Å². The van der Waals surface area contributed by atoms with Gasteiger partial charge in [0.1, 0.15) is 17.5 Å². The third-order valence-corrected chi connectivity index (χ3v) is 4.89. The van der Waals surface area contributed by atoms with Crippen LogP contribution in [0.3, 0.4) is 0 Å². The molecule has 2 aromatic heterocycles. The van der Waals surface area contributed by atoms with Gasteiger partial charge in [0.25, 0.3) is 0 Å². The molecule has 27 heavy (non-hydrogen) atoms. The molecule has 1 aromatic carbocycles. The molecular formula is C19H20IN7. The van der Waals surface area contributed by atoms with E-state index in [1.807, 2.05) is 12.1 Å². The molecule has 0 saturated carbocycles. The summed E-state index contributed by atoms with van der Waals surface area (Å²) < 4.78 is 0.691. The van der Waals surface area contributed by atoms with E-state index in [0.717, 1.165) is 43.6 Å². The average molecular weight is 473 g/mol. The molecule has 0 radical (unpaired) electrons. The average Bonchev–Trinajstić information content (AvgIpc) is 2.70. The van der Waals surface area contributed by atoms with Gasteiger partial charge in [-0.3, -0.25) is 0 Å². The number of anilines is 3. The second-order valence-electron chi connectivity index (χ2n) is 6.27. The highest BCUT2D eigenvalue weighted by Gasteiger charge is 2.10. The Hall–Kier alpha value is -2.33. The Bertz CT molecular complexity index is 895. The minimum absolute atomic E-state index is 0.691. The number of benzene rings is 1. The molecule has 3 heterocycles. The van der Waals surface area contributed by atoms with Crippen LogP contribution >= 0.6 is 22.6 Å². The van der Waals surface area contributed by atoms with Gasteiger partial charge in [-0.2, -0.15) is 0 Å². The van der Waals surface area contributed by atoms with Gasteiger partial charge in [-0.15, -0.1) is 0 Å². The lowest BCUT2D eigenvalue weighted by molar-refractivity contribution is 0.589. The van der Waals surface area contributed by atoms with Crippen molar-refractivity contribution >= 4 is 39.9 Å². The summed E-state index contributed by atoms with van der Waals surface area (Å²) in [6.45, 7) is 4.19. The molecule has 138 valence electrons. The van der Waals surface area contributed by atoms with Crippen LogP contribution in [0.25, 0.3) is 0 Å². The molecule has 0 atom stereocenters. The van der Waals surface area contributed by atoms with Crippen LogP contribution in [0.2, 0.25) is 0 Å².